The molecule has 0 aliphatic rings. The highest BCUT2D eigenvalue weighted by atomic mass is 15.5. The fraction of sp³-hybridized carbons (Fsp3) is 0.182. The van der Waals surface area contributed by atoms with E-state index in [1.54, 1.807) is 0 Å². The zero-order valence-corrected chi connectivity index (χ0v) is 9.09. The molecule has 3 aromatic rings. The molecule has 4 N–H and O–H groups in total. The summed E-state index contributed by atoms with van der Waals surface area (Å²) in [5.74, 6) is 0.537. The summed E-state index contributed by atoms with van der Waals surface area (Å²) in [6, 6.07) is 7.89. The first-order valence-electron chi connectivity index (χ1n) is 5.38. The molecule has 2 aromatic heterocycles. The minimum Gasteiger partial charge on any atom is -0.361 e. The van der Waals surface area contributed by atoms with Gasteiger partial charge in [-0.05, 0) is 18.1 Å². The van der Waals surface area contributed by atoms with Gasteiger partial charge in [-0.2, -0.15) is 5.21 Å². The van der Waals surface area contributed by atoms with Gasteiger partial charge in [0.25, 0.3) is 0 Å². The van der Waals surface area contributed by atoms with Crippen molar-refractivity contribution in [3.8, 4) is 0 Å². The van der Waals surface area contributed by atoms with Crippen LogP contribution in [0.4, 0.5) is 0 Å². The largest absolute Gasteiger partial charge is 0.361 e. The summed E-state index contributed by atoms with van der Waals surface area (Å²) < 4.78 is 0. The Morgan fingerprint density at radius 3 is 3.00 bits per heavy atom. The molecule has 0 aliphatic heterocycles. The quantitative estimate of drug-likeness (QED) is 0.621. The van der Waals surface area contributed by atoms with Crippen molar-refractivity contribution in [1.29, 1.82) is 0 Å². The van der Waals surface area contributed by atoms with Crippen LogP contribution in [-0.2, 0) is 6.42 Å². The van der Waals surface area contributed by atoms with Crippen LogP contribution in [0.1, 0.15) is 17.4 Å². The molecule has 1 unspecified atom stereocenters. The molecule has 0 bridgehead atoms. The minimum atomic E-state index is -0.243. The predicted octanol–water partition coefficient (Wildman–Crippen LogP) is 0.923. The van der Waals surface area contributed by atoms with Crippen LogP contribution in [0.25, 0.3) is 10.9 Å². The summed E-state index contributed by atoms with van der Waals surface area (Å²) >= 11 is 0. The normalized spacial score (nSPS) is 13.0. The lowest BCUT2D eigenvalue weighted by molar-refractivity contribution is 0.671. The number of hydrogen-bond acceptors (Lipinski definition) is 4. The van der Waals surface area contributed by atoms with Gasteiger partial charge in [0.1, 0.15) is 0 Å². The van der Waals surface area contributed by atoms with Crippen LogP contribution >= 0.6 is 0 Å². The Kier molecular flexibility index (Phi) is 2.34. The molecule has 17 heavy (non-hydrogen) atoms. The van der Waals surface area contributed by atoms with Gasteiger partial charge in [-0.1, -0.05) is 23.4 Å². The Balaban J connectivity index is 1.90. The molecule has 0 spiro atoms. The molecule has 2 heterocycles. The predicted molar refractivity (Wildman–Crippen MR) is 63.1 cm³/mol. The van der Waals surface area contributed by atoms with Crippen molar-refractivity contribution in [3.63, 3.8) is 0 Å². The van der Waals surface area contributed by atoms with Crippen molar-refractivity contribution < 1.29 is 0 Å². The summed E-state index contributed by atoms with van der Waals surface area (Å²) in [4.78, 5) is 3.22. The molecule has 0 saturated heterocycles. The van der Waals surface area contributed by atoms with Gasteiger partial charge >= 0.3 is 0 Å². The molecule has 86 valence electrons. The van der Waals surface area contributed by atoms with Crippen LogP contribution in [0.3, 0.4) is 0 Å². The molecule has 3 rings (SSSR count). The topological polar surface area (TPSA) is 96.3 Å². The molecule has 0 saturated carbocycles. The van der Waals surface area contributed by atoms with Gasteiger partial charge in [0.15, 0.2) is 5.82 Å². The Morgan fingerprint density at radius 2 is 2.18 bits per heavy atom. The van der Waals surface area contributed by atoms with Crippen LogP contribution in [0.15, 0.2) is 30.5 Å². The Morgan fingerprint density at radius 1 is 1.29 bits per heavy atom. The number of hydrogen-bond donors (Lipinski definition) is 3. The Bertz CT molecular complexity index is 612. The van der Waals surface area contributed by atoms with Crippen LogP contribution < -0.4 is 5.73 Å². The summed E-state index contributed by atoms with van der Waals surface area (Å²) in [5.41, 5.74) is 8.30. The maximum absolute atomic E-state index is 6.02. The summed E-state index contributed by atoms with van der Waals surface area (Å²) in [6.45, 7) is 0. The number of rotatable bonds is 3. The standard InChI is InChI=1S/C11H12N6/c12-9(11-14-16-17-15-11)5-7-6-13-10-4-2-1-3-8(7)10/h1-4,6,9,13H,5,12H2,(H,14,15,16,17). The van der Waals surface area contributed by atoms with Gasteiger partial charge in [0.05, 0.1) is 6.04 Å². The van der Waals surface area contributed by atoms with Gasteiger partial charge in [0, 0.05) is 17.1 Å². The number of H-pyrrole nitrogens is 2. The van der Waals surface area contributed by atoms with E-state index < -0.39 is 0 Å². The highest BCUT2D eigenvalue weighted by Crippen LogP contribution is 2.21. The third-order valence-electron chi connectivity index (χ3n) is 2.81. The lowest BCUT2D eigenvalue weighted by Gasteiger charge is -2.05. The molecule has 1 atom stereocenters. The molecule has 0 amide bonds. The van der Waals surface area contributed by atoms with Crippen LogP contribution in [-0.4, -0.2) is 25.6 Å². The second-order valence-electron chi connectivity index (χ2n) is 3.94. The highest BCUT2D eigenvalue weighted by molar-refractivity contribution is 5.83. The van der Waals surface area contributed by atoms with Crippen molar-refractivity contribution in [1.82, 2.24) is 25.6 Å². The monoisotopic (exact) mass is 228 g/mol. The van der Waals surface area contributed by atoms with E-state index in [0.29, 0.717) is 12.2 Å². The third-order valence-corrected chi connectivity index (χ3v) is 2.81. The SMILES string of the molecule is NC(Cc1c[nH]c2ccccc12)c1nn[nH]n1. The van der Waals surface area contributed by atoms with Crippen molar-refractivity contribution >= 4 is 10.9 Å². The number of aromatic amines is 2. The first-order valence-corrected chi connectivity index (χ1v) is 5.38. The van der Waals surface area contributed by atoms with E-state index in [0.717, 1.165) is 11.1 Å². The highest BCUT2D eigenvalue weighted by Gasteiger charge is 2.13. The fourth-order valence-corrected chi connectivity index (χ4v) is 1.96. The maximum Gasteiger partial charge on any atom is 0.191 e. The molecular formula is C11H12N6. The fourth-order valence-electron chi connectivity index (χ4n) is 1.96. The zero-order valence-electron chi connectivity index (χ0n) is 9.09. The van der Waals surface area contributed by atoms with Crippen LogP contribution in [0.5, 0.6) is 0 Å². The molecule has 0 aliphatic carbocycles. The Hall–Kier alpha value is -2.21. The zero-order chi connectivity index (χ0) is 11.7. The molecule has 6 heteroatoms. The van der Waals surface area contributed by atoms with E-state index in [4.69, 9.17) is 5.73 Å². The summed E-state index contributed by atoms with van der Waals surface area (Å²) in [5, 5.41) is 14.9. The first-order chi connectivity index (χ1) is 8.34. The molecule has 1 aromatic carbocycles. The van der Waals surface area contributed by atoms with Gasteiger partial charge in [-0.15, -0.1) is 10.2 Å². The van der Waals surface area contributed by atoms with Gasteiger partial charge in [-0.25, -0.2) is 0 Å². The second-order valence-corrected chi connectivity index (χ2v) is 3.94. The Labute approximate surface area is 97.2 Å². The second kappa shape index (κ2) is 3.99. The summed E-state index contributed by atoms with van der Waals surface area (Å²) in [7, 11) is 0. The summed E-state index contributed by atoms with van der Waals surface area (Å²) in [6.07, 6.45) is 2.66. The number of nitrogens with one attached hydrogen (secondary N) is 2. The number of tetrazole rings is 1. The van der Waals surface area contributed by atoms with E-state index >= 15 is 0 Å². The van der Waals surface area contributed by atoms with E-state index in [-0.39, 0.29) is 6.04 Å². The lowest BCUT2D eigenvalue weighted by Crippen LogP contribution is -2.15. The molecule has 0 fully saturated rings. The molecule has 6 nitrogen and oxygen atoms in total. The number of nitrogens with two attached hydrogens (primary N) is 1. The number of fused-ring (bicyclic) bond motifs is 1. The van der Waals surface area contributed by atoms with Crippen LogP contribution in [0, 0.1) is 0 Å². The van der Waals surface area contributed by atoms with Crippen molar-refractivity contribution in [2.75, 3.05) is 0 Å². The molecule has 0 radical (unpaired) electrons. The van der Waals surface area contributed by atoms with E-state index in [1.807, 2.05) is 24.4 Å². The minimum absolute atomic E-state index is 0.243. The molecular weight excluding hydrogens is 216 g/mol. The van der Waals surface area contributed by atoms with E-state index in [2.05, 4.69) is 31.7 Å². The van der Waals surface area contributed by atoms with Crippen molar-refractivity contribution in [2.24, 2.45) is 5.73 Å². The average molecular weight is 228 g/mol. The van der Waals surface area contributed by atoms with E-state index in [1.165, 1.54) is 5.39 Å². The number of aromatic nitrogens is 5. The van der Waals surface area contributed by atoms with Crippen molar-refractivity contribution in [2.45, 2.75) is 12.5 Å². The number of benzene rings is 1. The smallest absolute Gasteiger partial charge is 0.191 e. The van der Waals surface area contributed by atoms with Gasteiger partial charge < -0.3 is 10.7 Å². The van der Waals surface area contributed by atoms with Gasteiger partial charge in [0.2, 0.25) is 0 Å². The van der Waals surface area contributed by atoms with Gasteiger partial charge in [-0.3, -0.25) is 0 Å². The maximum atomic E-state index is 6.02. The van der Waals surface area contributed by atoms with Crippen LogP contribution in [0.2, 0.25) is 0 Å². The van der Waals surface area contributed by atoms with E-state index in [9.17, 15) is 0 Å². The number of para-hydroxylation sites is 1. The average Bonchev–Trinajstić information content (AvgIpc) is 2.98. The first kappa shape index (κ1) is 9.98. The van der Waals surface area contributed by atoms with Crippen molar-refractivity contribution in [3.05, 3.63) is 41.9 Å². The lowest BCUT2D eigenvalue weighted by atomic mass is 10.1. The number of nitrogens with zero attached hydrogens (tertiary/aromatic N) is 3. The third kappa shape index (κ3) is 1.78.